The minimum atomic E-state index is -0.936. The van der Waals surface area contributed by atoms with Crippen LogP contribution in [0.2, 0.25) is 0 Å². The maximum atomic E-state index is 10.2. The number of carboxylic acids is 1. The highest BCUT2D eigenvalue weighted by Gasteiger charge is 1.88. The van der Waals surface area contributed by atoms with Crippen LogP contribution in [-0.4, -0.2) is 11.1 Å². The monoisotopic (exact) mass is 328 g/mol. The van der Waals surface area contributed by atoms with Crippen molar-refractivity contribution in [3.63, 3.8) is 0 Å². The second kappa shape index (κ2) is 19.0. The maximum Gasteiger partial charge on any atom is 0.328 e. The Hall–Kier alpha value is -2.09. The van der Waals surface area contributed by atoms with Crippen LogP contribution in [0.25, 0.3) is 0 Å². The molecule has 0 spiro atoms. The minimum Gasteiger partial charge on any atom is -0.478 e. The van der Waals surface area contributed by atoms with E-state index in [9.17, 15) is 4.79 Å². The average Bonchev–Trinajstić information content (AvgIpc) is 2.56. The summed E-state index contributed by atoms with van der Waals surface area (Å²) in [5.41, 5.74) is 0. The zero-order valence-electron chi connectivity index (χ0n) is 14.9. The second-order valence-corrected chi connectivity index (χ2v) is 5.58. The summed E-state index contributed by atoms with van der Waals surface area (Å²) in [5.74, 6) is -0.936. The molecule has 0 aliphatic rings. The molecule has 0 heterocycles. The standard InChI is InChI=1S/C22H32O2/c1-2-3-4-5-6-7-8-9-10-11-12-13-14-15-16-17-18-19-20-21-22(23)24/h10-21H,2-9H2,1H3,(H,23,24)/b11-10+,13-12-,15-14+,17-16+,19-18-,21-20+. The summed E-state index contributed by atoms with van der Waals surface area (Å²) >= 11 is 0. The van der Waals surface area contributed by atoms with E-state index in [1.807, 2.05) is 36.5 Å². The summed E-state index contributed by atoms with van der Waals surface area (Å²) in [6.45, 7) is 2.25. The summed E-state index contributed by atoms with van der Waals surface area (Å²) in [4.78, 5) is 10.2. The van der Waals surface area contributed by atoms with E-state index in [2.05, 4.69) is 19.1 Å². The van der Waals surface area contributed by atoms with Crippen LogP contribution < -0.4 is 0 Å². The predicted octanol–water partition coefficient (Wildman–Crippen LogP) is 6.55. The SMILES string of the molecule is CCCCCCCCC/C=C/C=C\C=C\C=C\C=C/C=C/C(=O)O. The lowest BCUT2D eigenvalue weighted by molar-refractivity contribution is -0.131. The van der Waals surface area contributed by atoms with Gasteiger partial charge in [-0.25, -0.2) is 4.79 Å². The second-order valence-electron chi connectivity index (χ2n) is 5.58. The fourth-order valence-electron chi connectivity index (χ4n) is 2.05. The smallest absolute Gasteiger partial charge is 0.328 e. The third-order valence-corrected chi connectivity index (χ3v) is 3.35. The Morgan fingerprint density at radius 2 is 1.12 bits per heavy atom. The van der Waals surface area contributed by atoms with Crippen molar-refractivity contribution in [3.05, 3.63) is 72.9 Å². The Morgan fingerprint density at radius 3 is 1.67 bits per heavy atom. The summed E-state index contributed by atoms with van der Waals surface area (Å²) in [5, 5.41) is 8.39. The van der Waals surface area contributed by atoms with Gasteiger partial charge in [-0.2, -0.15) is 0 Å². The molecule has 0 aromatic heterocycles. The largest absolute Gasteiger partial charge is 0.478 e. The van der Waals surface area contributed by atoms with Crippen molar-refractivity contribution >= 4 is 5.97 Å². The quantitative estimate of drug-likeness (QED) is 0.223. The number of unbranched alkanes of at least 4 members (excludes halogenated alkanes) is 7. The molecule has 0 atom stereocenters. The van der Waals surface area contributed by atoms with E-state index < -0.39 is 5.97 Å². The van der Waals surface area contributed by atoms with Crippen molar-refractivity contribution in [1.82, 2.24) is 0 Å². The first kappa shape index (κ1) is 21.9. The average molecular weight is 328 g/mol. The van der Waals surface area contributed by atoms with E-state index in [1.165, 1.54) is 51.0 Å². The zero-order chi connectivity index (χ0) is 17.7. The molecule has 0 unspecified atom stereocenters. The molecule has 1 N–H and O–H groups in total. The van der Waals surface area contributed by atoms with Crippen molar-refractivity contribution in [2.45, 2.75) is 58.3 Å². The first-order chi connectivity index (χ1) is 11.8. The van der Waals surface area contributed by atoms with E-state index in [4.69, 9.17) is 5.11 Å². The van der Waals surface area contributed by atoms with Crippen LogP contribution in [0, 0.1) is 0 Å². The molecule has 0 bridgehead atoms. The molecule has 0 rings (SSSR count). The number of carbonyl (C=O) groups is 1. The van der Waals surface area contributed by atoms with E-state index in [0.29, 0.717) is 0 Å². The molecule has 132 valence electrons. The maximum absolute atomic E-state index is 10.2. The third-order valence-electron chi connectivity index (χ3n) is 3.35. The predicted molar refractivity (Wildman–Crippen MR) is 105 cm³/mol. The molecular weight excluding hydrogens is 296 g/mol. The lowest BCUT2D eigenvalue weighted by Gasteiger charge is -1.98. The van der Waals surface area contributed by atoms with Gasteiger partial charge in [-0.15, -0.1) is 0 Å². The van der Waals surface area contributed by atoms with Gasteiger partial charge in [-0.1, -0.05) is 112 Å². The molecule has 0 aromatic carbocycles. The molecule has 0 radical (unpaired) electrons. The molecule has 0 aromatic rings. The van der Waals surface area contributed by atoms with Crippen LogP contribution in [0.3, 0.4) is 0 Å². The van der Waals surface area contributed by atoms with Crippen LogP contribution in [0.4, 0.5) is 0 Å². The lowest BCUT2D eigenvalue weighted by atomic mass is 10.1. The van der Waals surface area contributed by atoms with Crippen molar-refractivity contribution < 1.29 is 9.90 Å². The summed E-state index contributed by atoms with van der Waals surface area (Å²) in [6, 6.07) is 0. The Balaban J connectivity index is 3.57. The Morgan fingerprint density at radius 1 is 0.667 bits per heavy atom. The Kier molecular flexibility index (Phi) is 17.3. The molecule has 0 aliphatic carbocycles. The molecule has 24 heavy (non-hydrogen) atoms. The molecular formula is C22H32O2. The Bertz CT molecular complexity index is 462. The Labute approximate surface area is 147 Å². The van der Waals surface area contributed by atoms with Crippen molar-refractivity contribution in [1.29, 1.82) is 0 Å². The normalized spacial score (nSPS) is 13.0. The number of hydrogen-bond donors (Lipinski definition) is 1. The minimum absolute atomic E-state index is 0.936. The van der Waals surface area contributed by atoms with E-state index >= 15 is 0 Å². The van der Waals surface area contributed by atoms with Crippen molar-refractivity contribution in [3.8, 4) is 0 Å². The van der Waals surface area contributed by atoms with Gasteiger partial charge in [0, 0.05) is 6.08 Å². The lowest BCUT2D eigenvalue weighted by Crippen LogP contribution is -1.84. The van der Waals surface area contributed by atoms with Crippen LogP contribution in [-0.2, 0) is 4.79 Å². The van der Waals surface area contributed by atoms with Gasteiger partial charge < -0.3 is 5.11 Å². The van der Waals surface area contributed by atoms with Crippen molar-refractivity contribution in [2.24, 2.45) is 0 Å². The topological polar surface area (TPSA) is 37.3 Å². The summed E-state index contributed by atoms with van der Waals surface area (Å²) in [7, 11) is 0. The van der Waals surface area contributed by atoms with Gasteiger partial charge in [-0.05, 0) is 12.8 Å². The van der Waals surface area contributed by atoms with Gasteiger partial charge in [0.25, 0.3) is 0 Å². The molecule has 2 nitrogen and oxygen atoms in total. The first-order valence-corrected chi connectivity index (χ1v) is 9.00. The number of hydrogen-bond acceptors (Lipinski definition) is 1. The van der Waals surface area contributed by atoms with E-state index in [0.717, 1.165) is 12.5 Å². The van der Waals surface area contributed by atoms with Crippen molar-refractivity contribution in [2.75, 3.05) is 0 Å². The summed E-state index contributed by atoms with van der Waals surface area (Å²) in [6.07, 6.45) is 32.7. The fourth-order valence-corrected chi connectivity index (χ4v) is 2.05. The highest BCUT2D eigenvalue weighted by atomic mass is 16.4. The highest BCUT2D eigenvalue weighted by Crippen LogP contribution is 2.08. The van der Waals surface area contributed by atoms with Gasteiger partial charge in [0.1, 0.15) is 0 Å². The van der Waals surface area contributed by atoms with Gasteiger partial charge >= 0.3 is 5.97 Å². The number of allylic oxidation sites excluding steroid dienone is 11. The molecule has 0 fully saturated rings. The van der Waals surface area contributed by atoms with E-state index in [1.54, 1.807) is 12.2 Å². The molecule has 2 heteroatoms. The van der Waals surface area contributed by atoms with Gasteiger partial charge in [0.15, 0.2) is 0 Å². The third kappa shape index (κ3) is 19.9. The van der Waals surface area contributed by atoms with Gasteiger partial charge in [0.2, 0.25) is 0 Å². The zero-order valence-corrected chi connectivity index (χ0v) is 14.9. The summed E-state index contributed by atoms with van der Waals surface area (Å²) < 4.78 is 0. The van der Waals surface area contributed by atoms with Gasteiger partial charge in [0.05, 0.1) is 0 Å². The highest BCUT2D eigenvalue weighted by molar-refractivity contribution is 5.80. The number of rotatable bonds is 14. The number of carboxylic acid groups (broad SMARTS) is 1. The van der Waals surface area contributed by atoms with Crippen LogP contribution in [0.5, 0.6) is 0 Å². The van der Waals surface area contributed by atoms with Gasteiger partial charge in [-0.3, -0.25) is 0 Å². The first-order valence-electron chi connectivity index (χ1n) is 9.00. The van der Waals surface area contributed by atoms with E-state index in [-0.39, 0.29) is 0 Å². The van der Waals surface area contributed by atoms with Crippen LogP contribution in [0.1, 0.15) is 58.3 Å². The molecule has 0 amide bonds. The molecule has 0 aliphatic heterocycles. The molecule has 0 saturated carbocycles. The number of aliphatic carboxylic acids is 1. The van der Waals surface area contributed by atoms with Crippen LogP contribution >= 0.6 is 0 Å². The fraction of sp³-hybridized carbons (Fsp3) is 0.409. The molecule has 0 saturated heterocycles. The van der Waals surface area contributed by atoms with Crippen LogP contribution in [0.15, 0.2) is 72.9 Å².